The summed E-state index contributed by atoms with van der Waals surface area (Å²) in [5.74, 6) is 0. The molecule has 0 saturated heterocycles. The lowest BCUT2D eigenvalue weighted by atomic mass is 10.0. The average molecular weight is 333 g/mol. The van der Waals surface area contributed by atoms with Crippen molar-refractivity contribution < 1.29 is 4.42 Å². The van der Waals surface area contributed by atoms with Gasteiger partial charge in [-0.3, -0.25) is 4.99 Å². The van der Waals surface area contributed by atoms with Crippen molar-refractivity contribution in [1.29, 1.82) is 0 Å². The Hall–Kier alpha value is -2.78. The monoisotopic (exact) mass is 332 g/mol. The topological polar surface area (TPSA) is 30.4 Å². The molecule has 0 spiro atoms. The lowest BCUT2D eigenvalue weighted by Crippen LogP contribution is -2.08. The highest BCUT2D eigenvalue weighted by Gasteiger charge is 2.22. The summed E-state index contributed by atoms with van der Waals surface area (Å²) in [5, 5.41) is 0.750. The number of benzene rings is 1. The molecule has 5 rings (SSSR count). The first-order chi connectivity index (χ1) is 11.8. The second-order valence-corrected chi connectivity index (χ2v) is 6.25. The van der Waals surface area contributed by atoms with Crippen molar-refractivity contribution in [1.82, 2.24) is 4.57 Å². The molecular weight excluding hydrogens is 320 g/mol. The minimum Gasteiger partial charge on any atom is -0.472 e. The highest BCUT2D eigenvalue weighted by atomic mass is 35.5. The summed E-state index contributed by atoms with van der Waals surface area (Å²) in [6, 6.07) is 16.3. The number of aliphatic imine (C=N–C) groups is 1. The second kappa shape index (κ2) is 5.11. The van der Waals surface area contributed by atoms with E-state index < -0.39 is 0 Å². The average Bonchev–Trinajstić information content (AvgIpc) is 3.21. The quantitative estimate of drug-likeness (QED) is 0.472. The van der Waals surface area contributed by atoms with Gasteiger partial charge in [-0.2, -0.15) is 0 Å². The van der Waals surface area contributed by atoms with Gasteiger partial charge in [-0.15, -0.1) is 0 Å². The van der Waals surface area contributed by atoms with Gasteiger partial charge in [0.15, 0.2) is 0 Å². The third-order valence-corrected chi connectivity index (χ3v) is 4.89. The first-order valence-electron chi connectivity index (χ1n) is 7.78. The zero-order chi connectivity index (χ0) is 16.1. The third-order valence-electron chi connectivity index (χ3n) is 4.54. The molecule has 116 valence electrons. The van der Waals surface area contributed by atoms with Crippen molar-refractivity contribution in [3.8, 4) is 16.8 Å². The highest BCUT2D eigenvalue weighted by Crippen LogP contribution is 2.34. The van der Waals surface area contributed by atoms with E-state index in [4.69, 9.17) is 21.0 Å². The summed E-state index contributed by atoms with van der Waals surface area (Å²) in [6.07, 6.45) is 5.53. The van der Waals surface area contributed by atoms with E-state index in [1.165, 1.54) is 0 Å². The molecule has 1 aromatic heterocycles. The van der Waals surface area contributed by atoms with Gasteiger partial charge in [0.05, 0.1) is 36.2 Å². The van der Waals surface area contributed by atoms with Crippen molar-refractivity contribution >= 4 is 17.3 Å². The zero-order valence-corrected chi connectivity index (χ0v) is 13.5. The number of hydrogen-bond donors (Lipinski definition) is 0. The molecule has 0 radical (unpaired) electrons. The molecule has 0 fully saturated rings. The van der Waals surface area contributed by atoms with Gasteiger partial charge < -0.3 is 8.98 Å². The molecule has 4 heteroatoms. The minimum atomic E-state index is 0.558. The zero-order valence-electron chi connectivity index (χ0n) is 12.7. The Morgan fingerprint density at radius 3 is 2.92 bits per heavy atom. The van der Waals surface area contributed by atoms with E-state index in [-0.39, 0.29) is 0 Å². The molecule has 3 nitrogen and oxygen atoms in total. The van der Waals surface area contributed by atoms with Crippen LogP contribution < -0.4 is 0 Å². The number of hydrogen-bond acceptors (Lipinski definition) is 2. The maximum absolute atomic E-state index is 6.42. The second-order valence-electron chi connectivity index (χ2n) is 5.84. The predicted octanol–water partition coefficient (Wildman–Crippen LogP) is 5.18. The van der Waals surface area contributed by atoms with E-state index in [1.54, 1.807) is 12.5 Å². The Morgan fingerprint density at radius 1 is 1.00 bits per heavy atom. The number of nitrogens with zero attached hydrogens (tertiary/aromatic N) is 2. The van der Waals surface area contributed by atoms with Gasteiger partial charge in [-0.05, 0) is 35.9 Å². The predicted molar refractivity (Wildman–Crippen MR) is 95.5 cm³/mol. The van der Waals surface area contributed by atoms with Crippen LogP contribution >= 0.6 is 11.6 Å². The van der Waals surface area contributed by atoms with Crippen molar-refractivity contribution in [2.75, 3.05) is 0 Å². The van der Waals surface area contributed by atoms with Crippen molar-refractivity contribution in [2.24, 2.45) is 4.99 Å². The Morgan fingerprint density at radius 2 is 1.96 bits per heavy atom. The SMILES string of the molecule is Clc1cccc2c1CN=C(c1ccc3ccocc1-3)c1cccn1-2. The van der Waals surface area contributed by atoms with Crippen LogP contribution in [-0.2, 0) is 6.54 Å². The van der Waals surface area contributed by atoms with E-state index >= 15 is 0 Å². The number of rotatable bonds is 1. The Bertz CT molecular complexity index is 1060. The van der Waals surface area contributed by atoms with Gasteiger partial charge in [0, 0.05) is 27.9 Å². The van der Waals surface area contributed by atoms with E-state index in [2.05, 4.69) is 35.0 Å². The standard InChI is InChI=1S/C20H13ClN2O/c21-17-3-1-4-18-15(17)11-22-20(19-5-2-9-23(18)19)14-7-6-13-8-10-24-12-16(13)14/h1-10,12H,11H2. The first kappa shape index (κ1) is 13.6. The van der Waals surface area contributed by atoms with Crippen LogP contribution in [0.1, 0.15) is 16.8 Å². The molecular formula is C20H13ClN2O. The van der Waals surface area contributed by atoms with Crippen molar-refractivity contribution in [2.45, 2.75) is 6.54 Å². The molecule has 0 N–H and O–H groups in total. The highest BCUT2D eigenvalue weighted by molar-refractivity contribution is 6.31. The molecule has 0 atom stereocenters. The minimum absolute atomic E-state index is 0.558. The summed E-state index contributed by atoms with van der Waals surface area (Å²) in [6.45, 7) is 0.558. The smallest absolute Gasteiger partial charge is 0.0986 e. The van der Waals surface area contributed by atoms with E-state index in [9.17, 15) is 0 Å². The number of fused-ring (bicyclic) bond motifs is 4. The number of halogens is 1. The van der Waals surface area contributed by atoms with Crippen LogP contribution in [-0.4, -0.2) is 10.3 Å². The largest absolute Gasteiger partial charge is 0.472 e. The van der Waals surface area contributed by atoms with Crippen LogP contribution in [0.5, 0.6) is 0 Å². The Labute approximate surface area is 144 Å². The summed E-state index contributed by atoms with van der Waals surface area (Å²) in [4.78, 5) is 4.90. The molecule has 2 aromatic rings. The van der Waals surface area contributed by atoms with Crippen molar-refractivity contribution in [3.63, 3.8) is 0 Å². The first-order valence-corrected chi connectivity index (χ1v) is 8.16. The Kier molecular flexibility index (Phi) is 2.91. The summed E-state index contributed by atoms with van der Waals surface area (Å²) in [7, 11) is 0. The fourth-order valence-corrected chi connectivity index (χ4v) is 3.62. The van der Waals surface area contributed by atoms with Gasteiger partial charge in [-0.25, -0.2) is 0 Å². The molecule has 0 unspecified atom stereocenters. The molecule has 24 heavy (non-hydrogen) atoms. The van der Waals surface area contributed by atoms with Gasteiger partial charge in [0.1, 0.15) is 0 Å². The van der Waals surface area contributed by atoms with E-state index in [0.717, 1.165) is 44.4 Å². The summed E-state index contributed by atoms with van der Waals surface area (Å²) < 4.78 is 7.54. The van der Waals surface area contributed by atoms with Crippen LogP contribution in [0.25, 0.3) is 16.8 Å². The van der Waals surface area contributed by atoms with Crippen LogP contribution in [0.3, 0.4) is 0 Å². The maximum Gasteiger partial charge on any atom is 0.0986 e. The summed E-state index contributed by atoms with van der Waals surface area (Å²) >= 11 is 6.42. The van der Waals surface area contributed by atoms with Crippen LogP contribution in [0.4, 0.5) is 0 Å². The molecule has 1 aliphatic carbocycles. The molecule has 0 saturated carbocycles. The van der Waals surface area contributed by atoms with Gasteiger partial charge >= 0.3 is 0 Å². The van der Waals surface area contributed by atoms with Gasteiger partial charge in [-0.1, -0.05) is 29.8 Å². The molecule has 0 amide bonds. The number of aromatic nitrogens is 1. The molecule has 3 heterocycles. The van der Waals surface area contributed by atoms with E-state index in [0.29, 0.717) is 6.54 Å². The molecule has 2 aliphatic heterocycles. The van der Waals surface area contributed by atoms with Crippen molar-refractivity contribution in [3.05, 3.63) is 89.1 Å². The molecule has 0 bridgehead atoms. The van der Waals surface area contributed by atoms with Crippen LogP contribution in [0, 0.1) is 0 Å². The Balaban J connectivity index is 1.76. The lowest BCUT2D eigenvalue weighted by Gasteiger charge is -2.11. The normalized spacial score (nSPS) is 13.3. The summed E-state index contributed by atoms with van der Waals surface area (Å²) in [5.41, 5.74) is 7.46. The van der Waals surface area contributed by atoms with E-state index in [1.807, 2.05) is 24.3 Å². The molecule has 1 aromatic carbocycles. The third kappa shape index (κ3) is 1.88. The fraction of sp³-hybridized carbons (Fsp3) is 0.0500. The molecule has 3 aliphatic rings. The fourth-order valence-electron chi connectivity index (χ4n) is 3.39. The van der Waals surface area contributed by atoms with Crippen LogP contribution in [0.15, 0.2) is 76.7 Å². The van der Waals surface area contributed by atoms with Gasteiger partial charge in [0.2, 0.25) is 0 Å². The van der Waals surface area contributed by atoms with Crippen LogP contribution in [0.2, 0.25) is 5.02 Å². The lowest BCUT2D eigenvalue weighted by molar-refractivity contribution is 0.552. The van der Waals surface area contributed by atoms with Gasteiger partial charge in [0.25, 0.3) is 0 Å². The maximum atomic E-state index is 6.42.